The van der Waals surface area contributed by atoms with Gasteiger partial charge >= 0.3 is 5.97 Å². The quantitative estimate of drug-likeness (QED) is 0.217. The molecular weight excluding hydrogens is 432 g/mol. The molecule has 4 aliphatic carbocycles. The van der Waals surface area contributed by atoms with E-state index in [1.165, 1.54) is 0 Å². The Bertz CT molecular complexity index is 753. The van der Waals surface area contributed by atoms with Crippen molar-refractivity contribution in [1.29, 1.82) is 0 Å². The van der Waals surface area contributed by atoms with Crippen molar-refractivity contribution in [1.82, 2.24) is 0 Å². The Morgan fingerprint density at radius 1 is 0.853 bits per heavy atom. The number of rotatable bonds is 12. The molecule has 2 heterocycles. The molecule has 0 amide bonds. The van der Waals surface area contributed by atoms with Gasteiger partial charge in [0, 0.05) is 38.0 Å². The van der Waals surface area contributed by atoms with Crippen LogP contribution >= 0.6 is 0 Å². The smallest absolute Gasteiger partial charge is 0.333 e. The Kier molecular flexibility index (Phi) is 6.45. The molecule has 0 radical (unpaired) electrons. The zero-order valence-corrected chi connectivity index (χ0v) is 21.5. The van der Waals surface area contributed by atoms with E-state index >= 15 is 0 Å². The first-order valence-corrected chi connectivity index (χ1v) is 13.5. The normalized spacial score (nSPS) is 44.4. The maximum absolute atomic E-state index is 12.6. The highest BCUT2D eigenvalue weighted by Gasteiger charge is 2.66. The summed E-state index contributed by atoms with van der Waals surface area (Å²) in [7, 11) is 0. The standard InChI is InChI=1S/C28H44O6/c1-21(2)23(29)34-28-17-22-15-26(19-28,32-11-5-7-24(3)9-13-30-24)18-27(16-22,20-28)33-12-6-8-25(4)10-14-31-25/h22H,1,5-20H2,2-4H3. The lowest BCUT2D eigenvalue weighted by atomic mass is 9.50. The highest BCUT2D eigenvalue weighted by Crippen LogP contribution is 2.63. The van der Waals surface area contributed by atoms with Gasteiger partial charge in [0.2, 0.25) is 0 Å². The lowest BCUT2D eigenvalue weighted by molar-refractivity contribution is -0.284. The van der Waals surface area contributed by atoms with E-state index in [4.69, 9.17) is 23.7 Å². The third kappa shape index (κ3) is 4.98. The fraction of sp³-hybridized carbons (Fsp3) is 0.893. The largest absolute Gasteiger partial charge is 0.455 e. The Hall–Kier alpha value is -0.950. The lowest BCUT2D eigenvalue weighted by Crippen LogP contribution is -2.68. The molecule has 0 aromatic rings. The van der Waals surface area contributed by atoms with E-state index in [9.17, 15) is 4.79 Å². The van der Waals surface area contributed by atoms with Crippen LogP contribution in [0, 0.1) is 5.92 Å². The molecule has 6 fully saturated rings. The number of hydrogen-bond donors (Lipinski definition) is 0. The van der Waals surface area contributed by atoms with Crippen molar-refractivity contribution in [2.45, 2.75) is 126 Å². The molecule has 4 saturated carbocycles. The maximum atomic E-state index is 12.6. The van der Waals surface area contributed by atoms with Gasteiger partial charge in [-0.2, -0.15) is 0 Å². The first-order valence-electron chi connectivity index (χ1n) is 13.5. The number of ether oxygens (including phenoxy) is 5. The van der Waals surface area contributed by atoms with Crippen LogP contribution in [0.25, 0.3) is 0 Å². The topological polar surface area (TPSA) is 63.2 Å². The second-order valence-electron chi connectivity index (χ2n) is 12.7. The van der Waals surface area contributed by atoms with Gasteiger partial charge in [0.15, 0.2) is 0 Å². The average Bonchev–Trinajstić information content (AvgIpc) is 2.70. The van der Waals surface area contributed by atoms with Gasteiger partial charge in [-0.15, -0.1) is 0 Å². The van der Waals surface area contributed by atoms with Crippen LogP contribution in [0.15, 0.2) is 12.2 Å². The van der Waals surface area contributed by atoms with Crippen LogP contribution in [0.4, 0.5) is 0 Å². The van der Waals surface area contributed by atoms with E-state index in [2.05, 4.69) is 20.4 Å². The zero-order chi connectivity index (χ0) is 24.1. The summed E-state index contributed by atoms with van der Waals surface area (Å²) in [5.74, 6) is 0.187. The van der Waals surface area contributed by atoms with Gasteiger partial charge in [-0.25, -0.2) is 4.79 Å². The molecule has 0 aromatic heterocycles. The van der Waals surface area contributed by atoms with Gasteiger partial charge < -0.3 is 23.7 Å². The van der Waals surface area contributed by atoms with Gasteiger partial charge in [0.1, 0.15) is 5.60 Å². The Labute approximate surface area is 205 Å². The molecule has 4 unspecified atom stereocenters. The van der Waals surface area contributed by atoms with Crippen LogP contribution in [-0.4, -0.2) is 60.4 Å². The van der Waals surface area contributed by atoms with Crippen LogP contribution in [0.3, 0.4) is 0 Å². The highest BCUT2D eigenvalue weighted by atomic mass is 16.6. The summed E-state index contributed by atoms with van der Waals surface area (Å²) >= 11 is 0. The highest BCUT2D eigenvalue weighted by molar-refractivity contribution is 5.87. The summed E-state index contributed by atoms with van der Waals surface area (Å²) < 4.78 is 31.1. The number of esters is 1. The van der Waals surface area contributed by atoms with Gasteiger partial charge in [-0.05, 0) is 84.5 Å². The van der Waals surface area contributed by atoms with Gasteiger partial charge in [-0.3, -0.25) is 0 Å². The fourth-order valence-corrected chi connectivity index (χ4v) is 7.66. The van der Waals surface area contributed by atoms with E-state index in [0.29, 0.717) is 11.5 Å². The van der Waals surface area contributed by atoms with Crippen molar-refractivity contribution in [2.75, 3.05) is 26.4 Å². The van der Waals surface area contributed by atoms with Gasteiger partial charge in [-0.1, -0.05) is 6.58 Å². The Balaban J connectivity index is 1.25. The first-order chi connectivity index (χ1) is 16.1. The number of carbonyl (C=O) groups is 1. The Morgan fingerprint density at radius 3 is 1.71 bits per heavy atom. The molecule has 6 heteroatoms. The van der Waals surface area contributed by atoms with Crippen LogP contribution in [0.5, 0.6) is 0 Å². The monoisotopic (exact) mass is 476 g/mol. The molecule has 0 spiro atoms. The SMILES string of the molecule is C=C(C)C(=O)OC12CC3CC(OCCCC4(C)CCO4)(CC(OCCCC4(C)CCO4)(C3)C1)C2. The first kappa shape index (κ1) is 24.7. The van der Waals surface area contributed by atoms with Crippen LogP contribution in [-0.2, 0) is 28.5 Å². The minimum Gasteiger partial charge on any atom is -0.455 e. The van der Waals surface area contributed by atoms with Crippen molar-refractivity contribution >= 4 is 5.97 Å². The number of hydrogen-bond acceptors (Lipinski definition) is 6. The third-order valence-corrected chi connectivity index (χ3v) is 9.25. The zero-order valence-electron chi connectivity index (χ0n) is 21.5. The third-order valence-electron chi connectivity index (χ3n) is 9.25. The van der Waals surface area contributed by atoms with E-state index in [-0.39, 0.29) is 28.4 Å². The summed E-state index contributed by atoms with van der Waals surface area (Å²) in [6.07, 6.45) is 11.8. The maximum Gasteiger partial charge on any atom is 0.333 e. The predicted molar refractivity (Wildman–Crippen MR) is 129 cm³/mol. The van der Waals surface area contributed by atoms with E-state index in [1.54, 1.807) is 6.92 Å². The van der Waals surface area contributed by atoms with Crippen LogP contribution < -0.4 is 0 Å². The summed E-state index contributed by atoms with van der Waals surface area (Å²) in [4.78, 5) is 12.6. The molecule has 4 bridgehead atoms. The molecule has 0 aromatic carbocycles. The summed E-state index contributed by atoms with van der Waals surface area (Å²) in [6, 6.07) is 0. The molecule has 2 saturated heterocycles. The van der Waals surface area contributed by atoms with Crippen LogP contribution in [0.2, 0.25) is 0 Å². The molecule has 4 atom stereocenters. The molecule has 2 aliphatic heterocycles. The van der Waals surface area contributed by atoms with Crippen LogP contribution in [0.1, 0.15) is 97.8 Å². The molecule has 6 aliphatic rings. The van der Waals surface area contributed by atoms with Crippen molar-refractivity contribution in [2.24, 2.45) is 5.92 Å². The summed E-state index contributed by atoms with van der Waals surface area (Å²) in [5, 5.41) is 0. The summed E-state index contributed by atoms with van der Waals surface area (Å²) in [6.45, 7) is 13.2. The van der Waals surface area contributed by atoms with E-state index in [1.807, 2.05) is 0 Å². The minimum atomic E-state index is -0.498. The average molecular weight is 477 g/mol. The lowest BCUT2D eigenvalue weighted by Gasteiger charge is -2.64. The second kappa shape index (κ2) is 8.86. The van der Waals surface area contributed by atoms with Gasteiger partial charge in [0.25, 0.3) is 0 Å². The minimum absolute atomic E-state index is 0.0359. The molecule has 6 nitrogen and oxygen atoms in total. The molecule has 6 rings (SSSR count). The fourth-order valence-electron chi connectivity index (χ4n) is 7.66. The number of carbonyl (C=O) groups excluding carboxylic acids is 1. The van der Waals surface area contributed by atoms with Crippen molar-refractivity contribution in [3.63, 3.8) is 0 Å². The molecular formula is C28H44O6. The van der Waals surface area contributed by atoms with E-state index < -0.39 is 5.60 Å². The Morgan fingerprint density at radius 2 is 1.29 bits per heavy atom. The van der Waals surface area contributed by atoms with Crippen molar-refractivity contribution in [3.8, 4) is 0 Å². The van der Waals surface area contributed by atoms with E-state index in [0.717, 1.165) is 103 Å². The predicted octanol–water partition coefficient (Wildman–Crippen LogP) is 5.27. The van der Waals surface area contributed by atoms with Gasteiger partial charge in [0.05, 0.1) is 35.6 Å². The molecule has 34 heavy (non-hydrogen) atoms. The molecule has 192 valence electrons. The van der Waals surface area contributed by atoms with Crippen molar-refractivity contribution in [3.05, 3.63) is 12.2 Å². The molecule has 0 N–H and O–H groups in total. The van der Waals surface area contributed by atoms with Crippen molar-refractivity contribution < 1.29 is 28.5 Å². The summed E-state index contributed by atoms with van der Waals surface area (Å²) in [5.41, 5.74) is -0.495. The second-order valence-corrected chi connectivity index (χ2v) is 12.7.